The third kappa shape index (κ3) is 2.67. The zero-order valence-corrected chi connectivity index (χ0v) is 11.7. The molecule has 0 bridgehead atoms. The molecule has 7 heteroatoms. The van der Waals surface area contributed by atoms with Crippen LogP contribution in [0.4, 0.5) is 4.39 Å². The quantitative estimate of drug-likeness (QED) is 0.898. The Morgan fingerprint density at radius 3 is 2.78 bits per heavy atom. The number of thioether (sulfide) groups is 1. The summed E-state index contributed by atoms with van der Waals surface area (Å²) < 4.78 is 39.7. The maximum atomic E-state index is 13.4. The third-order valence-corrected chi connectivity index (χ3v) is 6.01. The summed E-state index contributed by atoms with van der Waals surface area (Å²) in [5.41, 5.74) is 0. The summed E-state index contributed by atoms with van der Waals surface area (Å²) in [7, 11) is -3.86. The molecule has 1 heterocycles. The van der Waals surface area contributed by atoms with Gasteiger partial charge >= 0.3 is 0 Å². The highest BCUT2D eigenvalue weighted by Crippen LogP contribution is 2.42. The number of halogens is 1. The Kier molecular flexibility index (Phi) is 3.93. The normalized spacial score (nSPS) is 18.3. The fraction of sp³-hybridized carbons (Fsp3) is 0.545. The molecule has 1 aliphatic rings. The molecule has 18 heavy (non-hydrogen) atoms. The number of sulfonamides is 1. The summed E-state index contributed by atoms with van der Waals surface area (Å²) in [4.78, 5) is 3.59. The van der Waals surface area contributed by atoms with Crippen molar-refractivity contribution in [2.75, 3.05) is 12.8 Å². The molecular formula is C11H15FN2O2S2. The van der Waals surface area contributed by atoms with E-state index in [4.69, 9.17) is 0 Å². The molecule has 0 radical (unpaired) electrons. The first-order valence-electron chi connectivity index (χ1n) is 5.64. The number of hydrogen-bond acceptors (Lipinski definition) is 4. The smallest absolute Gasteiger partial charge is 0.241 e. The number of pyridine rings is 1. The Bertz CT molecular complexity index is 524. The molecule has 2 rings (SSSR count). The zero-order valence-electron chi connectivity index (χ0n) is 10.0. The standard InChI is InChI=1S/C11H15FN2O2S2/c1-17-11(5-3-6-11)8-14-18(15,16)10-9(12)4-2-7-13-10/h2,4,7,14H,3,5-6,8H2,1H3. The van der Waals surface area contributed by atoms with Gasteiger partial charge in [-0.3, -0.25) is 0 Å². The number of aromatic nitrogens is 1. The van der Waals surface area contributed by atoms with Crippen molar-refractivity contribution < 1.29 is 12.8 Å². The molecular weight excluding hydrogens is 275 g/mol. The van der Waals surface area contributed by atoms with E-state index in [2.05, 4.69) is 9.71 Å². The molecule has 1 fully saturated rings. The van der Waals surface area contributed by atoms with Crippen LogP contribution in [0.25, 0.3) is 0 Å². The lowest BCUT2D eigenvalue weighted by Crippen LogP contribution is -2.45. The molecule has 4 nitrogen and oxygen atoms in total. The first kappa shape index (κ1) is 13.8. The minimum atomic E-state index is -3.86. The molecule has 100 valence electrons. The van der Waals surface area contributed by atoms with Gasteiger partial charge in [-0.25, -0.2) is 22.5 Å². The van der Waals surface area contributed by atoms with Gasteiger partial charge in [-0.2, -0.15) is 11.8 Å². The van der Waals surface area contributed by atoms with Crippen LogP contribution in [-0.4, -0.2) is 30.9 Å². The van der Waals surface area contributed by atoms with Crippen LogP contribution in [0.2, 0.25) is 0 Å². The Morgan fingerprint density at radius 2 is 2.28 bits per heavy atom. The van der Waals surface area contributed by atoms with Crippen molar-refractivity contribution >= 4 is 21.8 Å². The van der Waals surface area contributed by atoms with Crippen LogP contribution in [0, 0.1) is 5.82 Å². The van der Waals surface area contributed by atoms with Crippen molar-refractivity contribution in [3.8, 4) is 0 Å². The van der Waals surface area contributed by atoms with Gasteiger partial charge in [0, 0.05) is 17.5 Å². The van der Waals surface area contributed by atoms with Crippen molar-refractivity contribution in [2.24, 2.45) is 0 Å². The number of hydrogen-bond donors (Lipinski definition) is 1. The van der Waals surface area contributed by atoms with Crippen LogP contribution in [-0.2, 0) is 10.0 Å². The Labute approximate surface area is 110 Å². The highest BCUT2D eigenvalue weighted by Gasteiger charge is 2.37. The lowest BCUT2D eigenvalue weighted by Gasteiger charge is -2.40. The molecule has 0 aliphatic heterocycles. The summed E-state index contributed by atoms with van der Waals surface area (Å²) in [5.74, 6) is -0.822. The van der Waals surface area contributed by atoms with Gasteiger partial charge in [0.2, 0.25) is 5.03 Å². The Hall–Kier alpha value is -0.660. The lowest BCUT2D eigenvalue weighted by molar-refractivity contribution is 0.361. The van der Waals surface area contributed by atoms with E-state index in [1.165, 1.54) is 12.3 Å². The Balaban J connectivity index is 2.11. The topological polar surface area (TPSA) is 59.1 Å². The molecule has 1 aromatic heterocycles. The monoisotopic (exact) mass is 290 g/mol. The largest absolute Gasteiger partial charge is 0.261 e. The van der Waals surface area contributed by atoms with E-state index in [-0.39, 0.29) is 4.75 Å². The maximum absolute atomic E-state index is 13.4. The molecule has 0 unspecified atom stereocenters. The van der Waals surface area contributed by atoms with Crippen LogP contribution in [0.3, 0.4) is 0 Å². The van der Waals surface area contributed by atoms with Crippen LogP contribution < -0.4 is 4.72 Å². The molecule has 1 saturated carbocycles. The van der Waals surface area contributed by atoms with Gasteiger partial charge in [0.1, 0.15) is 0 Å². The molecule has 1 N–H and O–H groups in total. The third-order valence-electron chi connectivity index (χ3n) is 3.26. The minimum absolute atomic E-state index is 0.0294. The fourth-order valence-electron chi connectivity index (χ4n) is 1.89. The van der Waals surface area contributed by atoms with Crippen LogP contribution in [0.15, 0.2) is 23.4 Å². The second kappa shape index (κ2) is 5.14. The average molecular weight is 290 g/mol. The lowest BCUT2D eigenvalue weighted by atomic mass is 9.84. The highest BCUT2D eigenvalue weighted by atomic mass is 32.2. The van der Waals surface area contributed by atoms with Crippen molar-refractivity contribution in [1.82, 2.24) is 9.71 Å². The van der Waals surface area contributed by atoms with E-state index in [0.717, 1.165) is 25.3 Å². The van der Waals surface area contributed by atoms with Crippen molar-refractivity contribution in [3.05, 3.63) is 24.1 Å². The molecule has 0 aromatic carbocycles. The molecule has 1 aromatic rings. The van der Waals surface area contributed by atoms with E-state index in [9.17, 15) is 12.8 Å². The van der Waals surface area contributed by atoms with Gasteiger partial charge in [0.15, 0.2) is 5.82 Å². The predicted molar refractivity (Wildman–Crippen MR) is 69.5 cm³/mol. The predicted octanol–water partition coefficient (Wildman–Crippen LogP) is 1.78. The highest BCUT2D eigenvalue weighted by molar-refractivity contribution is 8.00. The second-order valence-corrected chi connectivity index (χ2v) is 7.31. The summed E-state index contributed by atoms with van der Waals surface area (Å²) >= 11 is 1.66. The average Bonchev–Trinajstić information content (AvgIpc) is 2.28. The number of rotatable bonds is 5. The van der Waals surface area contributed by atoms with Crippen LogP contribution >= 0.6 is 11.8 Å². The van der Waals surface area contributed by atoms with Gasteiger partial charge in [-0.1, -0.05) is 6.42 Å². The number of nitrogens with zero attached hydrogens (tertiary/aromatic N) is 1. The van der Waals surface area contributed by atoms with Gasteiger partial charge in [-0.05, 0) is 31.2 Å². The fourth-order valence-corrected chi connectivity index (χ4v) is 4.02. The van der Waals surface area contributed by atoms with Crippen molar-refractivity contribution in [3.63, 3.8) is 0 Å². The molecule has 0 atom stereocenters. The van der Waals surface area contributed by atoms with Gasteiger partial charge < -0.3 is 0 Å². The van der Waals surface area contributed by atoms with Gasteiger partial charge in [0.05, 0.1) is 0 Å². The first-order valence-corrected chi connectivity index (χ1v) is 8.35. The van der Waals surface area contributed by atoms with E-state index in [1.54, 1.807) is 11.8 Å². The second-order valence-electron chi connectivity index (χ2n) is 4.36. The van der Waals surface area contributed by atoms with Gasteiger partial charge in [0.25, 0.3) is 10.0 Å². The molecule has 0 saturated heterocycles. The summed E-state index contributed by atoms with van der Waals surface area (Å²) in [6.45, 7) is 0.326. The summed E-state index contributed by atoms with van der Waals surface area (Å²) in [6, 6.07) is 2.46. The van der Waals surface area contributed by atoms with Gasteiger partial charge in [-0.15, -0.1) is 0 Å². The summed E-state index contributed by atoms with van der Waals surface area (Å²) in [6.07, 6.45) is 6.32. The van der Waals surface area contributed by atoms with E-state index in [1.807, 2.05) is 6.26 Å². The van der Waals surface area contributed by atoms with E-state index < -0.39 is 20.9 Å². The summed E-state index contributed by atoms with van der Waals surface area (Å²) in [5, 5.41) is -0.527. The Morgan fingerprint density at radius 1 is 1.56 bits per heavy atom. The molecule has 0 amide bonds. The molecule has 0 spiro atoms. The number of nitrogens with one attached hydrogen (secondary N) is 1. The SMILES string of the molecule is CSC1(CNS(=O)(=O)c2ncccc2F)CCC1. The van der Waals surface area contributed by atoms with Crippen molar-refractivity contribution in [2.45, 2.75) is 29.0 Å². The van der Waals surface area contributed by atoms with Crippen LogP contribution in [0.5, 0.6) is 0 Å². The minimum Gasteiger partial charge on any atom is -0.241 e. The van der Waals surface area contributed by atoms with Crippen molar-refractivity contribution in [1.29, 1.82) is 0 Å². The van der Waals surface area contributed by atoms with E-state index >= 15 is 0 Å². The maximum Gasteiger partial charge on any atom is 0.261 e. The van der Waals surface area contributed by atoms with E-state index in [0.29, 0.717) is 6.54 Å². The first-order chi connectivity index (χ1) is 8.49. The van der Waals surface area contributed by atoms with Crippen LogP contribution in [0.1, 0.15) is 19.3 Å². The zero-order chi connectivity index (χ0) is 13.2. The molecule has 1 aliphatic carbocycles.